The third-order valence-electron chi connectivity index (χ3n) is 3.92. The molecule has 0 aliphatic heterocycles. The number of fused-ring (bicyclic) bond motifs is 1. The molecular formula is C18H17Br2ClN2O3S. The molecule has 3 rings (SSSR count). The second kappa shape index (κ2) is 8.13. The number of aromatic nitrogens is 1. The number of ether oxygens (including phenoxy) is 1. The number of benzene rings is 2. The molecule has 0 aliphatic rings. The Morgan fingerprint density at radius 2 is 1.81 bits per heavy atom. The number of nitrogens with zero attached hydrogens (tertiary/aromatic N) is 2. The first kappa shape index (κ1) is 20.7. The number of likely N-dealkylation sites (N-methyl/N-ethyl adjacent to an activating group) is 1. The number of hydrogen-bond acceptors (Lipinski definition) is 4. The Labute approximate surface area is 180 Å². The Morgan fingerprint density at radius 1 is 1.15 bits per heavy atom. The summed E-state index contributed by atoms with van der Waals surface area (Å²) in [4.78, 5) is 2.17. The fraction of sp³-hybridized carbons (Fsp3) is 0.222. The van der Waals surface area contributed by atoms with Crippen LogP contribution in [0, 0.1) is 0 Å². The Hall–Kier alpha value is -1.06. The predicted molar refractivity (Wildman–Crippen MR) is 115 cm³/mol. The summed E-state index contributed by atoms with van der Waals surface area (Å²) in [5.41, 5.74) is 0.488. The Morgan fingerprint density at radius 3 is 2.44 bits per heavy atom. The highest BCUT2D eigenvalue weighted by molar-refractivity contribution is 9.11. The van der Waals surface area contributed by atoms with Crippen LogP contribution in [0.4, 0.5) is 0 Å². The summed E-state index contributed by atoms with van der Waals surface area (Å²) >= 11 is 12.9. The van der Waals surface area contributed by atoms with Crippen molar-refractivity contribution in [1.29, 1.82) is 0 Å². The predicted octanol–water partition coefficient (Wildman–Crippen LogP) is 5.00. The van der Waals surface area contributed by atoms with Crippen molar-refractivity contribution < 1.29 is 13.2 Å². The zero-order valence-corrected chi connectivity index (χ0v) is 19.4. The van der Waals surface area contributed by atoms with Crippen LogP contribution in [-0.2, 0) is 10.0 Å². The summed E-state index contributed by atoms with van der Waals surface area (Å²) in [6.45, 7) is 1.13. The molecule has 5 nitrogen and oxygen atoms in total. The third kappa shape index (κ3) is 4.35. The van der Waals surface area contributed by atoms with Gasteiger partial charge in [-0.05, 0) is 66.4 Å². The van der Waals surface area contributed by atoms with E-state index in [0.29, 0.717) is 39.3 Å². The Kier molecular flexibility index (Phi) is 6.22. The highest BCUT2D eigenvalue weighted by Crippen LogP contribution is 2.38. The molecule has 0 aliphatic carbocycles. The molecule has 1 heterocycles. The minimum absolute atomic E-state index is 0.185. The van der Waals surface area contributed by atoms with Crippen LogP contribution < -0.4 is 4.74 Å². The lowest BCUT2D eigenvalue weighted by Crippen LogP contribution is -2.19. The van der Waals surface area contributed by atoms with Gasteiger partial charge < -0.3 is 9.64 Å². The zero-order valence-electron chi connectivity index (χ0n) is 14.6. The molecule has 0 radical (unpaired) electrons. The largest absolute Gasteiger partial charge is 0.490 e. The number of rotatable bonds is 6. The Balaban J connectivity index is 2.16. The third-order valence-corrected chi connectivity index (χ3v) is 6.94. The van der Waals surface area contributed by atoms with E-state index in [1.807, 2.05) is 19.0 Å². The van der Waals surface area contributed by atoms with Crippen molar-refractivity contribution in [2.24, 2.45) is 0 Å². The van der Waals surface area contributed by atoms with E-state index < -0.39 is 10.0 Å². The van der Waals surface area contributed by atoms with Crippen LogP contribution in [-0.4, -0.2) is 44.5 Å². The summed E-state index contributed by atoms with van der Waals surface area (Å²) in [7, 11) is 0.0792. The van der Waals surface area contributed by atoms with E-state index in [4.69, 9.17) is 16.3 Å². The minimum atomic E-state index is -3.81. The van der Waals surface area contributed by atoms with Gasteiger partial charge in [0.1, 0.15) is 12.4 Å². The normalized spacial score (nSPS) is 12.1. The lowest BCUT2D eigenvalue weighted by atomic mass is 10.2. The van der Waals surface area contributed by atoms with Crippen LogP contribution >= 0.6 is 43.5 Å². The molecule has 0 bridgehead atoms. The molecule has 0 saturated heterocycles. The van der Waals surface area contributed by atoms with E-state index in [9.17, 15) is 8.42 Å². The minimum Gasteiger partial charge on any atom is -0.490 e. The van der Waals surface area contributed by atoms with Crippen molar-refractivity contribution in [2.75, 3.05) is 27.2 Å². The molecular weight excluding hydrogens is 520 g/mol. The second-order valence-corrected chi connectivity index (χ2v) is 10.2. The summed E-state index contributed by atoms with van der Waals surface area (Å²) < 4.78 is 34.9. The van der Waals surface area contributed by atoms with Gasteiger partial charge in [0, 0.05) is 25.9 Å². The molecule has 3 aromatic rings. The van der Waals surface area contributed by atoms with Crippen molar-refractivity contribution in [3.05, 3.63) is 56.6 Å². The number of halogens is 3. The van der Waals surface area contributed by atoms with Gasteiger partial charge in [-0.25, -0.2) is 12.4 Å². The maximum Gasteiger partial charge on any atom is 0.268 e. The van der Waals surface area contributed by atoms with Gasteiger partial charge in [0.2, 0.25) is 0 Å². The highest BCUT2D eigenvalue weighted by Gasteiger charge is 2.24. The van der Waals surface area contributed by atoms with Gasteiger partial charge in [-0.15, -0.1) is 0 Å². The van der Waals surface area contributed by atoms with E-state index in [-0.39, 0.29) is 4.90 Å². The van der Waals surface area contributed by atoms with Gasteiger partial charge >= 0.3 is 0 Å². The van der Waals surface area contributed by atoms with E-state index in [1.54, 1.807) is 36.4 Å². The van der Waals surface area contributed by atoms with Crippen molar-refractivity contribution >= 4 is 64.4 Å². The fourth-order valence-electron chi connectivity index (χ4n) is 2.58. The van der Waals surface area contributed by atoms with Crippen LogP contribution in [0.25, 0.3) is 10.9 Å². The van der Waals surface area contributed by atoms with E-state index >= 15 is 0 Å². The van der Waals surface area contributed by atoms with Crippen molar-refractivity contribution in [2.45, 2.75) is 4.90 Å². The quantitative estimate of drug-likeness (QED) is 0.445. The molecule has 2 aromatic carbocycles. The molecule has 0 unspecified atom stereocenters. The lowest BCUT2D eigenvalue weighted by molar-refractivity contribution is 0.263. The maximum atomic E-state index is 13.2. The van der Waals surface area contributed by atoms with Crippen LogP contribution in [0.3, 0.4) is 0 Å². The maximum absolute atomic E-state index is 13.2. The molecule has 0 atom stereocenters. The molecule has 9 heteroatoms. The van der Waals surface area contributed by atoms with Crippen LogP contribution in [0.15, 0.2) is 56.4 Å². The number of hydrogen-bond donors (Lipinski definition) is 0. The summed E-state index contributed by atoms with van der Waals surface area (Å²) in [6, 6.07) is 9.88. The van der Waals surface area contributed by atoms with Gasteiger partial charge in [0.05, 0.1) is 16.6 Å². The average molecular weight is 537 g/mol. The zero-order chi connectivity index (χ0) is 19.8. The van der Waals surface area contributed by atoms with Gasteiger partial charge in [-0.3, -0.25) is 0 Å². The van der Waals surface area contributed by atoms with Crippen LogP contribution in [0.5, 0.6) is 5.75 Å². The van der Waals surface area contributed by atoms with Crippen molar-refractivity contribution in [1.82, 2.24) is 8.87 Å². The molecule has 0 fully saturated rings. The fourth-order valence-corrected chi connectivity index (χ4v) is 5.34. The molecule has 0 spiro atoms. The first-order valence-corrected chi connectivity index (χ1v) is 11.4. The van der Waals surface area contributed by atoms with Gasteiger partial charge in [0.15, 0.2) is 0 Å². The summed E-state index contributed by atoms with van der Waals surface area (Å²) in [5, 5.41) is 1.12. The van der Waals surface area contributed by atoms with Crippen LogP contribution in [0.1, 0.15) is 0 Å². The SMILES string of the molecule is CN(C)CCOc1cn(S(=O)(=O)c2ccc(Br)cc2)c2c(Br)cc(Cl)cc12. The smallest absolute Gasteiger partial charge is 0.268 e. The van der Waals surface area contributed by atoms with Gasteiger partial charge in [0.25, 0.3) is 10.0 Å². The molecule has 144 valence electrons. The van der Waals surface area contributed by atoms with Gasteiger partial charge in [-0.2, -0.15) is 0 Å². The van der Waals surface area contributed by atoms with E-state index in [2.05, 4.69) is 31.9 Å². The summed E-state index contributed by atoms with van der Waals surface area (Å²) in [5.74, 6) is 0.468. The summed E-state index contributed by atoms with van der Waals surface area (Å²) in [6.07, 6.45) is 1.50. The molecule has 0 N–H and O–H groups in total. The van der Waals surface area contributed by atoms with E-state index in [0.717, 1.165) is 4.47 Å². The second-order valence-electron chi connectivity index (χ2n) is 6.18. The standard InChI is InChI=1S/C18H17Br2ClN2O3S/c1-22(2)7-8-26-17-11-23(18-15(17)9-13(21)10-16(18)20)27(24,25)14-5-3-12(19)4-6-14/h3-6,9-11H,7-8H2,1-2H3. The van der Waals surface area contributed by atoms with Crippen molar-refractivity contribution in [3.63, 3.8) is 0 Å². The lowest BCUT2D eigenvalue weighted by Gasteiger charge is -2.10. The van der Waals surface area contributed by atoms with Crippen molar-refractivity contribution in [3.8, 4) is 5.75 Å². The molecule has 0 amide bonds. The topological polar surface area (TPSA) is 51.5 Å². The average Bonchev–Trinajstić information content (AvgIpc) is 2.94. The first-order chi connectivity index (χ1) is 12.7. The molecule has 27 heavy (non-hydrogen) atoms. The molecule has 0 saturated carbocycles. The highest BCUT2D eigenvalue weighted by atomic mass is 79.9. The van der Waals surface area contributed by atoms with Crippen LogP contribution in [0.2, 0.25) is 5.02 Å². The first-order valence-electron chi connectivity index (χ1n) is 7.99. The Bertz CT molecular complexity index is 1080. The monoisotopic (exact) mass is 534 g/mol. The van der Waals surface area contributed by atoms with E-state index in [1.165, 1.54) is 10.2 Å². The molecule has 1 aromatic heterocycles. The van der Waals surface area contributed by atoms with Gasteiger partial charge in [-0.1, -0.05) is 27.5 Å².